The molecule has 4 rings (SSSR count). The number of methoxy groups -OCH3 is 2. The van der Waals surface area contributed by atoms with E-state index in [-0.39, 0.29) is 11.5 Å². The van der Waals surface area contributed by atoms with Crippen LogP contribution in [0.5, 0.6) is 17.2 Å². The number of halogens is 1. The minimum absolute atomic E-state index is 0.293. The van der Waals surface area contributed by atoms with Crippen LogP contribution in [0.3, 0.4) is 0 Å². The average molecular weight is 537 g/mol. The quantitative estimate of drug-likeness (QED) is 0.326. The maximum Gasteiger partial charge on any atom is 0.263 e. The monoisotopic (exact) mass is 536 g/mol. The van der Waals surface area contributed by atoms with E-state index < -0.39 is 0 Å². The number of pyridine rings is 1. The summed E-state index contributed by atoms with van der Waals surface area (Å²) in [6, 6.07) is 16.0. The normalized spacial score (nSPS) is 10.8. The van der Waals surface area contributed by atoms with Crippen LogP contribution >= 0.6 is 15.9 Å². The van der Waals surface area contributed by atoms with Crippen LogP contribution in [0.2, 0.25) is 0 Å². The molecule has 1 aromatic heterocycles. The molecule has 0 aliphatic carbocycles. The number of carbonyl (C=O) groups is 1. The van der Waals surface area contributed by atoms with Crippen LogP contribution in [0.25, 0.3) is 16.5 Å². The Morgan fingerprint density at radius 2 is 1.63 bits per heavy atom. The first-order chi connectivity index (χ1) is 16.9. The zero-order chi connectivity index (χ0) is 25.1. The lowest BCUT2D eigenvalue weighted by atomic mass is 10.0. The number of benzene rings is 3. The minimum atomic E-state index is -0.369. The summed E-state index contributed by atoms with van der Waals surface area (Å²) < 4.78 is 18.6. The van der Waals surface area contributed by atoms with Crippen molar-refractivity contribution < 1.29 is 19.0 Å². The van der Waals surface area contributed by atoms with Gasteiger partial charge in [-0.1, -0.05) is 6.07 Å². The molecule has 0 radical (unpaired) electrons. The lowest BCUT2D eigenvalue weighted by Gasteiger charge is -2.16. The molecule has 1 amide bonds. The smallest absolute Gasteiger partial charge is 0.263 e. The zero-order valence-corrected chi connectivity index (χ0v) is 21.4. The van der Waals surface area contributed by atoms with Gasteiger partial charge >= 0.3 is 0 Å². The largest absolute Gasteiger partial charge is 0.494 e. The van der Waals surface area contributed by atoms with Crippen molar-refractivity contribution in [2.24, 2.45) is 0 Å². The molecule has 0 aliphatic heterocycles. The number of ether oxygens (including phenoxy) is 3. The average Bonchev–Trinajstić information content (AvgIpc) is 2.86. The van der Waals surface area contributed by atoms with E-state index >= 15 is 0 Å². The van der Waals surface area contributed by atoms with Crippen LogP contribution in [-0.2, 0) is 0 Å². The highest BCUT2D eigenvalue weighted by Crippen LogP contribution is 2.33. The second-order valence-electron chi connectivity index (χ2n) is 7.84. The van der Waals surface area contributed by atoms with E-state index in [9.17, 15) is 9.59 Å². The molecule has 4 aromatic rings. The number of nitrogens with zero attached hydrogens (tertiary/aromatic N) is 1. The van der Waals surface area contributed by atoms with Crippen molar-refractivity contribution in [3.8, 4) is 22.9 Å². The van der Waals surface area contributed by atoms with Crippen molar-refractivity contribution in [1.82, 2.24) is 4.57 Å². The molecule has 1 N–H and O–H groups in total. The molecule has 0 bridgehead atoms. The lowest BCUT2D eigenvalue weighted by Crippen LogP contribution is -2.23. The number of fused-ring (bicyclic) bond motifs is 1. The summed E-state index contributed by atoms with van der Waals surface area (Å²) in [4.78, 5) is 27.0. The second kappa shape index (κ2) is 10.2. The molecule has 0 fully saturated rings. The minimum Gasteiger partial charge on any atom is -0.494 e. The Balaban J connectivity index is 1.92. The molecule has 0 unspecified atom stereocenters. The first-order valence-electron chi connectivity index (χ1n) is 11.0. The van der Waals surface area contributed by atoms with E-state index in [0.29, 0.717) is 51.6 Å². The molecule has 3 aromatic carbocycles. The van der Waals surface area contributed by atoms with Crippen molar-refractivity contribution in [3.05, 3.63) is 86.7 Å². The highest BCUT2D eigenvalue weighted by Gasteiger charge is 2.20. The summed E-state index contributed by atoms with van der Waals surface area (Å²) in [6.45, 7) is 4.41. The van der Waals surface area contributed by atoms with Crippen molar-refractivity contribution in [1.29, 1.82) is 0 Å². The second-order valence-corrected chi connectivity index (χ2v) is 8.69. The van der Waals surface area contributed by atoms with Gasteiger partial charge in [-0.05, 0) is 83.9 Å². The SMILES string of the molecule is CCOc1ccc(-n2cc(C(=O)Nc3ccc(C)cc3Br)c3cc(OC)c(OC)cc3c2=O)cc1. The summed E-state index contributed by atoms with van der Waals surface area (Å²) in [5, 5.41) is 3.72. The number of anilines is 1. The van der Waals surface area contributed by atoms with Gasteiger partial charge in [0.05, 0.1) is 37.5 Å². The number of nitrogens with one attached hydrogen (secondary N) is 1. The fourth-order valence-electron chi connectivity index (χ4n) is 3.82. The molecule has 0 atom stereocenters. The zero-order valence-electron chi connectivity index (χ0n) is 19.8. The van der Waals surface area contributed by atoms with Gasteiger partial charge in [0.15, 0.2) is 11.5 Å². The van der Waals surface area contributed by atoms with E-state index in [2.05, 4.69) is 21.2 Å². The third kappa shape index (κ3) is 4.88. The van der Waals surface area contributed by atoms with Gasteiger partial charge in [-0.15, -0.1) is 0 Å². The Labute approximate surface area is 211 Å². The number of aromatic nitrogens is 1. The standard InChI is InChI=1S/C27H25BrN2O5/c1-5-35-18-9-7-17(8-10-18)30-15-21(26(31)29-23-11-6-16(2)12-22(23)28)19-13-24(33-3)25(34-4)14-20(19)27(30)32/h6-15H,5H2,1-4H3,(H,29,31). The predicted octanol–water partition coefficient (Wildman–Crippen LogP) is 5.73. The third-order valence-electron chi connectivity index (χ3n) is 5.56. The number of aryl methyl sites for hydroxylation is 1. The van der Waals surface area contributed by atoms with E-state index in [1.807, 2.05) is 32.0 Å². The van der Waals surface area contributed by atoms with Crippen molar-refractivity contribution in [2.45, 2.75) is 13.8 Å². The van der Waals surface area contributed by atoms with Crippen LogP contribution in [0.1, 0.15) is 22.8 Å². The maximum absolute atomic E-state index is 13.5. The van der Waals surface area contributed by atoms with Crippen LogP contribution in [-0.4, -0.2) is 31.3 Å². The molecule has 35 heavy (non-hydrogen) atoms. The maximum atomic E-state index is 13.5. The van der Waals surface area contributed by atoms with E-state index in [0.717, 1.165) is 10.0 Å². The Morgan fingerprint density at radius 3 is 2.23 bits per heavy atom. The van der Waals surface area contributed by atoms with Gasteiger partial charge in [0.25, 0.3) is 11.5 Å². The molecule has 0 saturated carbocycles. The number of carbonyl (C=O) groups excluding carboxylic acids is 1. The predicted molar refractivity (Wildman–Crippen MR) is 141 cm³/mol. The topological polar surface area (TPSA) is 78.8 Å². The van der Waals surface area contributed by atoms with Gasteiger partial charge in [-0.25, -0.2) is 0 Å². The lowest BCUT2D eigenvalue weighted by molar-refractivity contribution is 0.102. The molecule has 7 nitrogen and oxygen atoms in total. The fourth-order valence-corrected chi connectivity index (χ4v) is 4.41. The van der Waals surface area contributed by atoms with Gasteiger partial charge in [-0.3, -0.25) is 14.2 Å². The molecular weight excluding hydrogens is 512 g/mol. The van der Waals surface area contributed by atoms with E-state index in [4.69, 9.17) is 14.2 Å². The van der Waals surface area contributed by atoms with Gasteiger partial charge in [-0.2, -0.15) is 0 Å². The van der Waals surface area contributed by atoms with Gasteiger partial charge < -0.3 is 19.5 Å². The molecule has 0 spiro atoms. The summed E-state index contributed by atoms with van der Waals surface area (Å²) >= 11 is 3.50. The number of hydrogen-bond donors (Lipinski definition) is 1. The summed E-state index contributed by atoms with van der Waals surface area (Å²) in [7, 11) is 3.01. The molecule has 1 heterocycles. The molecule has 8 heteroatoms. The summed E-state index contributed by atoms with van der Waals surface area (Å²) in [5.41, 5.74) is 2.29. The number of rotatable bonds is 7. The van der Waals surface area contributed by atoms with Gasteiger partial charge in [0, 0.05) is 21.7 Å². The van der Waals surface area contributed by atoms with Crippen molar-refractivity contribution in [2.75, 3.05) is 26.1 Å². The molecule has 0 saturated heterocycles. The first-order valence-corrected chi connectivity index (χ1v) is 11.8. The van der Waals surface area contributed by atoms with Gasteiger partial charge in [0.1, 0.15) is 5.75 Å². The number of hydrogen-bond acceptors (Lipinski definition) is 5. The van der Waals surface area contributed by atoms with Crippen molar-refractivity contribution in [3.63, 3.8) is 0 Å². The molecule has 0 aliphatic rings. The Kier molecular flexibility index (Phi) is 7.12. The van der Waals surface area contributed by atoms with Crippen LogP contribution in [0.15, 0.2) is 70.1 Å². The van der Waals surface area contributed by atoms with E-state index in [1.54, 1.807) is 42.6 Å². The first kappa shape index (κ1) is 24.3. The van der Waals surface area contributed by atoms with Crippen molar-refractivity contribution >= 4 is 38.3 Å². The Bertz CT molecular complexity index is 1460. The molecular formula is C27H25BrN2O5. The fraction of sp³-hybridized carbons (Fsp3) is 0.185. The third-order valence-corrected chi connectivity index (χ3v) is 6.22. The highest BCUT2D eigenvalue weighted by atomic mass is 79.9. The number of amides is 1. The van der Waals surface area contributed by atoms with E-state index in [1.165, 1.54) is 18.8 Å². The Morgan fingerprint density at radius 1 is 0.971 bits per heavy atom. The summed E-state index contributed by atoms with van der Waals surface area (Å²) in [6.07, 6.45) is 1.55. The highest BCUT2D eigenvalue weighted by molar-refractivity contribution is 9.10. The molecule has 180 valence electrons. The van der Waals surface area contributed by atoms with Crippen LogP contribution in [0.4, 0.5) is 5.69 Å². The Hall–Kier alpha value is -3.78. The van der Waals surface area contributed by atoms with Gasteiger partial charge in [0.2, 0.25) is 0 Å². The summed E-state index contributed by atoms with van der Waals surface area (Å²) in [5.74, 6) is 1.14. The van der Waals surface area contributed by atoms with Crippen LogP contribution < -0.4 is 25.1 Å². The van der Waals surface area contributed by atoms with Crippen LogP contribution in [0, 0.1) is 6.92 Å².